The van der Waals surface area contributed by atoms with Crippen LogP contribution < -0.4 is 4.90 Å². The Labute approximate surface area is 95.9 Å². The van der Waals surface area contributed by atoms with Crippen LogP contribution in [0.4, 0.5) is 5.82 Å². The lowest BCUT2D eigenvalue weighted by Crippen LogP contribution is -2.29. The highest BCUT2D eigenvalue weighted by molar-refractivity contribution is 9.11. The molecule has 0 N–H and O–H groups in total. The van der Waals surface area contributed by atoms with Crippen LogP contribution in [-0.2, 0) is 0 Å². The Balaban J connectivity index is 2.16. The summed E-state index contributed by atoms with van der Waals surface area (Å²) in [6.07, 6.45) is 3.21. The first-order valence-electron chi connectivity index (χ1n) is 4.34. The number of aromatic nitrogens is 2. The van der Waals surface area contributed by atoms with Gasteiger partial charge in [-0.05, 0) is 18.6 Å². The van der Waals surface area contributed by atoms with Crippen LogP contribution in [0, 0.1) is 0 Å². The molecule has 0 saturated heterocycles. The van der Waals surface area contributed by atoms with Crippen LogP contribution in [0.15, 0.2) is 22.7 Å². The monoisotopic (exact) mass is 273 g/mol. The first-order valence-corrected chi connectivity index (χ1v) is 5.51. The maximum atomic E-state index is 5.67. The van der Waals surface area contributed by atoms with Crippen molar-refractivity contribution < 1.29 is 0 Å². The second kappa shape index (κ2) is 4.28. The second-order valence-electron chi connectivity index (χ2n) is 3.08. The molecule has 0 aliphatic carbocycles. The molecule has 0 spiro atoms. The van der Waals surface area contributed by atoms with Crippen molar-refractivity contribution in [1.29, 1.82) is 0 Å². The summed E-state index contributed by atoms with van der Waals surface area (Å²) in [5.74, 6) is 0.874. The van der Waals surface area contributed by atoms with Crippen molar-refractivity contribution in [3.8, 4) is 0 Å². The summed E-state index contributed by atoms with van der Waals surface area (Å²) < 4.78 is 1.19. The zero-order valence-electron chi connectivity index (χ0n) is 7.45. The summed E-state index contributed by atoms with van der Waals surface area (Å²) in [7, 11) is 0. The minimum Gasteiger partial charge on any atom is -0.350 e. The van der Waals surface area contributed by atoms with Crippen molar-refractivity contribution in [3.63, 3.8) is 0 Å². The zero-order chi connectivity index (χ0) is 9.97. The predicted octanol–water partition coefficient (Wildman–Crippen LogP) is 2.62. The van der Waals surface area contributed by atoms with Gasteiger partial charge in [0.1, 0.15) is 0 Å². The van der Waals surface area contributed by atoms with Crippen LogP contribution in [-0.4, -0.2) is 23.3 Å². The van der Waals surface area contributed by atoms with Crippen LogP contribution in [0.5, 0.6) is 0 Å². The van der Waals surface area contributed by atoms with Crippen LogP contribution in [0.3, 0.4) is 0 Å². The van der Waals surface area contributed by atoms with Gasteiger partial charge in [-0.2, -0.15) is 0 Å². The number of hydrogen-bond donors (Lipinski definition) is 0. The molecule has 1 aromatic heterocycles. The summed E-state index contributed by atoms with van der Waals surface area (Å²) in [5.41, 5.74) is 0. The SMILES string of the molecule is Clc1ccc(N2CCC=C(Br)C2)nn1. The molecule has 2 rings (SSSR count). The number of anilines is 1. The molecule has 14 heavy (non-hydrogen) atoms. The van der Waals surface area contributed by atoms with Crippen LogP contribution in [0.1, 0.15) is 6.42 Å². The Morgan fingerprint density at radius 3 is 2.86 bits per heavy atom. The Kier molecular flexibility index (Phi) is 3.03. The van der Waals surface area contributed by atoms with Crippen LogP contribution in [0.2, 0.25) is 5.15 Å². The molecule has 2 heterocycles. The van der Waals surface area contributed by atoms with Gasteiger partial charge in [0.2, 0.25) is 0 Å². The lowest BCUT2D eigenvalue weighted by molar-refractivity contribution is 0.787. The highest BCUT2D eigenvalue weighted by atomic mass is 79.9. The first kappa shape index (κ1) is 9.93. The molecule has 0 saturated carbocycles. The van der Waals surface area contributed by atoms with E-state index >= 15 is 0 Å². The molecule has 0 bridgehead atoms. The summed E-state index contributed by atoms with van der Waals surface area (Å²) >= 11 is 9.15. The third-order valence-corrected chi connectivity index (χ3v) is 2.82. The molecule has 1 aliphatic rings. The van der Waals surface area contributed by atoms with E-state index in [-0.39, 0.29) is 0 Å². The molecule has 0 fully saturated rings. The fourth-order valence-electron chi connectivity index (χ4n) is 1.38. The van der Waals surface area contributed by atoms with Gasteiger partial charge in [-0.1, -0.05) is 33.6 Å². The lowest BCUT2D eigenvalue weighted by atomic mass is 10.2. The van der Waals surface area contributed by atoms with Gasteiger partial charge in [0.15, 0.2) is 11.0 Å². The van der Waals surface area contributed by atoms with Gasteiger partial charge in [-0.25, -0.2) is 0 Å². The van der Waals surface area contributed by atoms with E-state index in [0.29, 0.717) is 5.15 Å². The maximum absolute atomic E-state index is 5.67. The molecular formula is C9H9BrClN3. The van der Waals surface area contributed by atoms with E-state index in [1.165, 1.54) is 4.48 Å². The van der Waals surface area contributed by atoms with Gasteiger partial charge in [0.25, 0.3) is 0 Å². The molecule has 0 atom stereocenters. The highest BCUT2D eigenvalue weighted by Gasteiger charge is 2.12. The van der Waals surface area contributed by atoms with Gasteiger partial charge in [-0.3, -0.25) is 0 Å². The van der Waals surface area contributed by atoms with E-state index < -0.39 is 0 Å². The second-order valence-corrected chi connectivity index (χ2v) is 4.48. The molecule has 0 radical (unpaired) electrons. The van der Waals surface area contributed by atoms with Gasteiger partial charge in [0, 0.05) is 11.0 Å². The normalized spacial score (nSPS) is 16.7. The quantitative estimate of drug-likeness (QED) is 0.788. The average molecular weight is 275 g/mol. The van der Waals surface area contributed by atoms with Crippen molar-refractivity contribution >= 4 is 33.3 Å². The van der Waals surface area contributed by atoms with Crippen molar-refractivity contribution in [2.75, 3.05) is 18.0 Å². The Morgan fingerprint density at radius 2 is 2.21 bits per heavy atom. The van der Waals surface area contributed by atoms with Gasteiger partial charge in [-0.15, -0.1) is 10.2 Å². The highest BCUT2D eigenvalue weighted by Crippen LogP contribution is 2.20. The van der Waals surface area contributed by atoms with E-state index in [2.05, 4.69) is 37.1 Å². The third kappa shape index (κ3) is 2.25. The smallest absolute Gasteiger partial charge is 0.151 e. The van der Waals surface area contributed by atoms with E-state index in [1.54, 1.807) is 6.07 Å². The summed E-state index contributed by atoms with van der Waals surface area (Å²) in [5, 5.41) is 8.28. The van der Waals surface area contributed by atoms with Gasteiger partial charge < -0.3 is 4.90 Å². The average Bonchev–Trinajstić information content (AvgIpc) is 2.19. The van der Waals surface area contributed by atoms with Crippen molar-refractivity contribution in [1.82, 2.24) is 10.2 Å². The number of nitrogens with zero attached hydrogens (tertiary/aromatic N) is 3. The third-order valence-electron chi connectivity index (χ3n) is 2.05. The number of rotatable bonds is 1. The summed E-state index contributed by atoms with van der Waals surface area (Å²) in [4.78, 5) is 2.16. The Morgan fingerprint density at radius 1 is 1.36 bits per heavy atom. The number of halogens is 2. The molecule has 1 aromatic rings. The number of hydrogen-bond acceptors (Lipinski definition) is 3. The lowest BCUT2D eigenvalue weighted by Gasteiger charge is -2.25. The van der Waals surface area contributed by atoms with E-state index in [4.69, 9.17) is 11.6 Å². The van der Waals surface area contributed by atoms with Crippen molar-refractivity contribution in [2.45, 2.75) is 6.42 Å². The van der Waals surface area contributed by atoms with Gasteiger partial charge in [0.05, 0.1) is 6.54 Å². The van der Waals surface area contributed by atoms with Gasteiger partial charge >= 0.3 is 0 Å². The molecule has 74 valence electrons. The maximum Gasteiger partial charge on any atom is 0.151 e. The Hall–Kier alpha value is -0.610. The van der Waals surface area contributed by atoms with Crippen LogP contribution in [0.25, 0.3) is 0 Å². The standard InChI is InChI=1S/C9H9BrClN3/c10-7-2-1-5-14(6-7)9-4-3-8(11)12-13-9/h2-4H,1,5-6H2. The van der Waals surface area contributed by atoms with Crippen LogP contribution >= 0.6 is 27.5 Å². The molecular weight excluding hydrogens is 265 g/mol. The topological polar surface area (TPSA) is 29.0 Å². The molecule has 0 unspecified atom stereocenters. The summed E-state index contributed by atoms with van der Waals surface area (Å²) in [6, 6.07) is 3.65. The minimum atomic E-state index is 0.431. The first-order chi connectivity index (χ1) is 6.75. The van der Waals surface area contributed by atoms with E-state index in [0.717, 1.165) is 25.3 Å². The summed E-state index contributed by atoms with van der Waals surface area (Å²) in [6.45, 7) is 1.84. The molecule has 3 nitrogen and oxygen atoms in total. The zero-order valence-corrected chi connectivity index (χ0v) is 9.79. The molecule has 1 aliphatic heterocycles. The predicted molar refractivity (Wildman–Crippen MR) is 60.9 cm³/mol. The fourth-order valence-corrected chi connectivity index (χ4v) is 2.01. The Bertz CT molecular complexity index is 350. The van der Waals surface area contributed by atoms with E-state index in [9.17, 15) is 0 Å². The molecule has 5 heteroatoms. The molecule has 0 amide bonds. The molecule has 0 aromatic carbocycles. The largest absolute Gasteiger partial charge is 0.350 e. The van der Waals surface area contributed by atoms with Crippen molar-refractivity contribution in [3.05, 3.63) is 27.8 Å². The minimum absolute atomic E-state index is 0.431. The van der Waals surface area contributed by atoms with Crippen molar-refractivity contribution in [2.24, 2.45) is 0 Å². The van der Waals surface area contributed by atoms with E-state index in [1.807, 2.05) is 6.07 Å². The fraction of sp³-hybridized carbons (Fsp3) is 0.333.